The van der Waals surface area contributed by atoms with Gasteiger partial charge in [-0.3, -0.25) is 4.90 Å². The zero-order valence-corrected chi connectivity index (χ0v) is 13.7. The first-order valence-corrected chi connectivity index (χ1v) is 8.44. The first-order chi connectivity index (χ1) is 8.94. The molecule has 0 bridgehead atoms. The summed E-state index contributed by atoms with van der Waals surface area (Å²) in [6.07, 6.45) is 7.11. The minimum Gasteiger partial charge on any atom is -0.311 e. The molecule has 2 nitrogen and oxygen atoms in total. The summed E-state index contributed by atoms with van der Waals surface area (Å²) in [7, 11) is 0. The van der Waals surface area contributed by atoms with Gasteiger partial charge >= 0.3 is 0 Å². The highest BCUT2D eigenvalue weighted by atomic mass is 15.3. The quantitative estimate of drug-likeness (QED) is 0.838. The topological polar surface area (TPSA) is 15.3 Å². The van der Waals surface area contributed by atoms with E-state index in [0.29, 0.717) is 11.6 Å². The Morgan fingerprint density at radius 1 is 1.00 bits per heavy atom. The smallest absolute Gasteiger partial charge is 0.0249 e. The molecule has 0 aromatic heterocycles. The van der Waals surface area contributed by atoms with Crippen molar-refractivity contribution in [1.29, 1.82) is 0 Å². The van der Waals surface area contributed by atoms with Gasteiger partial charge in [-0.05, 0) is 31.6 Å². The van der Waals surface area contributed by atoms with Gasteiger partial charge in [-0.25, -0.2) is 0 Å². The maximum atomic E-state index is 3.79. The standard InChI is InChI=1S/C17H34N2/c1-13(2)15-12-19(16(11-18-15)14(3)4)17(5)9-7-6-8-10-17/h13-16,18H,6-12H2,1-5H3. The van der Waals surface area contributed by atoms with Gasteiger partial charge in [-0.15, -0.1) is 0 Å². The number of piperazine rings is 1. The summed E-state index contributed by atoms with van der Waals surface area (Å²) in [5, 5.41) is 3.79. The van der Waals surface area contributed by atoms with E-state index in [9.17, 15) is 0 Å². The van der Waals surface area contributed by atoms with E-state index in [1.54, 1.807) is 0 Å². The lowest BCUT2D eigenvalue weighted by Gasteiger charge is -2.54. The van der Waals surface area contributed by atoms with Crippen molar-refractivity contribution in [2.24, 2.45) is 11.8 Å². The number of nitrogens with zero attached hydrogens (tertiary/aromatic N) is 1. The minimum absolute atomic E-state index is 0.461. The highest BCUT2D eigenvalue weighted by Gasteiger charge is 2.42. The van der Waals surface area contributed by atoms with Crippen LogP contribution < -0.4 is 5.32 Å². The second-order valence-corrected chi connectivity index (χ2v) is 7.78. The largest absolute Gasteiger partial charge is 0.311 e. The van der Waals surface area contributed by atoms with Crippen molar-refractivity contribution < 1.29 is 0 Å². The van der Waals surface area contributed by atoms with Gasteiger partial charge in [0, 0.05) is 30.7 Å². The molecule has 1 aliphatic carbocycles. The molecule has 1 aliphatic heterocycles. The van der Waals surface area contributed by atoms with Gasteiger partial charge in [-0.1, -0.05) is 47.0 Å². The van der Waals surface area contributed by atoms with Gasteiger partial charge in [0.15, 0.2) is 0 Å². The summed E-state index contributed by atoms with van der Waals surface area (Å²) >= 11 is 0. The van der Waals surface area contributed by atoms with Crippen LogP contribution in [0.3, 0.4) is 0 Å². The van der Waals surface area contributed by atoms with E-state index in [1.807, 2.05) is 0 Å². The maximum absolute atomic E-state index is 3.79. The molecule has 0 radical (unpaired) electrons. The van der Waals surface area contributed by atoms with Crippen molar-refractivity contribution in [3.8, 4) is 0 Å². The highest BCUT2D eigenvalue weighted by molar-refractivity contribution is 4.99. The van der Waals surface area contributed by atoms with Crippen LogP contribution in [-0.2, 0) is 0 Å². The molecular weight excluding hydrogens is 232 g/mol. The lowest BCUT2D eigenvalue weighted by atomic mass is 9.78. The molecule has 0 spiro atoms. The van der Waals surface area contributed by atoms with E-state index >= 15 is 0 Å². The second-order valence-electron chi connectivity index (χ2n) is 7.78. The Labute approximate surface area is 120 Å². The fraction of sp³-hybridized carbons (Fsp3) is 1.00. The van der Waals surface area contributed by atoms with E-state index in [0.717, 1.165) is 17.9 Å². The molecule has 2 heteroatoms. The van der Waals surface area contributed by atoms with Gasteiger partial charge in [0.2, 0.25) is 0 Å². The van der Waals surface area contributed by atoms with E-state index < -0.39 is 0 Å². The molecule has 1 N–H and O–H groups in total. The number of hydrogen-bond acceptors (Lipinski definition) is 2. The molecule has 2 atom stereocenters. The third-order valence-corrected chi connectivity index (χ3v) is 5.58. The van der Waals surface area contributed by atoms with Crippen LogP contribution in [0, 0.1) is 11.8 Å². The third-order valence-electron chi connectivity index (χ3n) is 5.58. The summed E-state index contributed by atoms with van der Waals surface area (Å²) < 4.78 is 0. The normalized spacial score (nSPS) is 33.0. The van der Waals surface area contributed by atoms with Crippen LogP contribution in [-0.4, -0.2) is 35.6 Å². The average molecular weight is 266 g/mol. The number of hydrogen-bond donors (Lipinski definition) is 1. The van der Waals surface area contributed by atoms with Gasteiger partial charge in [0.1, 0.15) is 0 Å². The van der Waals surface area contributed by atoms with Crippen molar-refractivity contribution in [2.45, 2.75) is 84.3 Å². The molecule has 0 aromatic rings. The van der Waals surface area contributed by atoms with Crippen molar-refractivity contribution in [3.63, 3.8) is 0 Å². The van der Waals surface area contributed by atoms with Crippen molar-refractivity contribution >= 4 is 0 Å². The summed E-state index contributed by atoms with van der Waals surface area (Å²) in [6, 6.07) is 1.40. The molecule has 0 amide bonds. The van der Waals surface area contributed by atoms with E-state index in [-0.39, 0.29) is 0 Å². The van der Waals surface area contributed by atoms with Crippen LogP contribution >= 0.6 is 0 Å². The van der Waals surface area contributed by atoms with Crippen LogP contribution in [0.1, 0.15) is 66.7 Å². The monoisotopic (exact) mass is 266 g/mol. The molecule has 1 saturated heterocycles. The lowest BCUT2D eigenvalue weighted by molar-refractivity contribution is -0.0254. The van der Waals surface area contributed by atoms with Crippen molar-refractivity contribution in [2.75, 3.05) is 13.1 Å². The van der Waals surface area contributed by atoms with Crippen LogP contribution in [0.25, 0.3) is 0 Å². The zero-order chi connectivity index (χ0) is 14.0. The maximum Gasteiger partial charge on any atom is 0.0249 e. The zero-order valence-electron chi connectivity index (χ0n) is 13.7. The van der Waals surface area contributed by atoms with Crippen LogP contribution in [0.15, 0.2) is 0 Å². The summed E-state index contributed by atoms with van der Waals surface area (Å²) in [6.45, 7) is 14.4. The lowest BCUT2D eigenvalue weighted by Crippen LogP contribution is -2.66. The summed E-state index contributed by atoms with van der Waals surface area (Å²) in [4.78, 5) is 2.89. The fourth-order valence-corrected chi connectivity index (χ4v) is 4.06. The van der Waals surface area contributed by atoms with Gasteiger partial charge < -0.3 is 5.32 Å². The Bertz CT molecular complexity index is 279. The Morgan fingerprint density at radius 3 is 2.16 bits per heavy atom. The molecular formula is C17H34N2. The summed E-state index contributed by atoms with van der Waals surface area (Å²) in [5.41, 5.74) is 0.461. The van der Waals surface area contributed by atoms with Gasteiger partial charge in [0.05, 0.1) is 0 Å². The van der Waals surface area contributed by atoms with E-state index in [4.69, 9.17) is 0 Å². The molecule has 112 valence electrons. The average Bonchev–Trinajstić information content (AvgIpc) is 2.38. The predicted molar refractivity (Wildman–Crippen MR) is 83.5 cm³/mol. The van der Waals surface area contributed by atoms with Crippen molar-refractivity contribution in [1.82, 2.24) is 10.2 Å². The number of rotatable bonds is 3. The highest BCUT2D eigenvalue weighted by Crippen LogP contribution is 2.37. The van der Waals surface area contributed by atoms with Crippen LogP contribution in [0.4, 0.5) is 0 Å². The molecule has 1 heterocycles. The third kappa shape index (κ3) is 3.33. The summed E-state index contributed by atoms with van der Waals surface area (Å²) in [5.74, 6) is 1.49. The Kier molecular flexibility index (Phi) is 4.94. The first kappa shape index (κ1) is 15.3. The SMILES string of the molecule is CC(C)C1CN(C2(C)CCCCC2)C(C(C)C)CN1. The van der Waals surface area contributed by atoms with Gasteiger partial charge in [0.25, 0.3) is 0 Å². The fourth-order valence-electron chi connectivity index (χ4n) is 4.06. The molecule has 2 fully saturated rings. The Morgan fingerprint density at radius 2 is 1.63 bits per heavy atom. The molecule has 0 aromatic carbocycles. The first-order valence-electron chi connectivity index (χ1n) is 8.44. The Hall–Kier alpha value is -0.0800. The predicted octanol–water partition coefficient (Wildman–Crippen LogP) is 3.66. The molecule has 2 unspecified atom stereocenters. The molecule has 1 saturated carbocycles. The minimum atomic E-state index is 0.461. The molecule has 2 aliphatic rings. The van der Waals surface area contributed by atoms with Crippen molar-refractivity contribution in [3.05, 3.63) is 0 Å². The van der Waals surface area contributed by atoms with Gasteiger partial charge in [-0.2, -0.15) is 0 Å². The number of nitrogens with one attached hydrogen (secondary N) is 1. The van der Waals surface area contributed by atoms with E-state index in [1.165, 1.54) is 45.2 Å². The Balaban J connectivity index is 2.14. The van der Waals surface area contributed by atoms with Crippen LogP contribution in [0.2, 0.25) is 0 Å². The molecule has 2 rings (SSSR count). The second kappa shape index (κ2) is 6.13. The van der Waals surface area contributed by atoms with E-state index in [2.05, 4.69) is 44.8 Å². The molecule has 19 heavy (non-hydrogen) atoms. The van der Waals surface area contributed by atoms with Crippen LogP contribution in [0.5, 0.6) is 0 Å².